The smallest absolute Gasteiger partial charge is 0.0683 e. The maximum absolute atomic E-state index is 10.1. The van der Waals surface area contributed by atoms with E-state index in [0.717, 1.165) is 13.0 Å². The molecule has 1 fully saturated rings. The molecule has 0 saturated heterocycles. The molecule has 3 nitrogen and oxygen atoms in total. The zero-order chi connectivity index (χ0) is 14.6. The molecule has 2 rings (SSSR count). The Hall–Kier alpha value is -0.900. The van der Waals surface area contributed by atoms with Crippen LogP contribution < -0.4 is 5.32 Å². The van der Waals surface area contributed by atoms with Crippen molar-refractivity contribution in [3.63, 3.8) is 0 Å². The fraction of sp³-hybridized carbons (Fsp3) is 0.647. The molecule has 3 heteroatoms. The van der Waals surface area contributed by atoms with Crippen LogP contribution in [-0.4, -0.2) is 42.3 Å². The SMILES string of the molecule is CC(C)N(C)CCC(CO)(NC1CC1)c1ccccc1. The van der Waals surface area contributed by atoms with Crippen LogP contribution in [0.15, 0.2) is 30.3 Å². The molecule has 1 atom stereocenters. The zero-order valence-corrected chi connectivity index (χ0v) is 13.0. The summed E-state index contributed by atoms with van der Waals surface area (Å²) in [5, 5.41) is 13.8. The summed E-state index contributed by atoms with van der Waals surface area (Å²) >= 11 is 0. The molecule has 0 bridgehead atoms. The first-order chi connectivity index (χ1) is 9.57. The lowest BCUT2D eigenvalue weighted by Gasteiger charge is -2.36. The van der Waals surface area contributed by atoms with E-state index in [9.17, 15) is 5.11 Å². The average molecular weight is 276 g/mol. The van der Waals surface area contributed by atoms with Crippen molar-refractivity contribution in [2.45, 2.75) is 50.7 Å². The van der Waals surface area contributed by atoms with Crippen molar-refractivity contribution in [3.8, 4) is 0 Å². The van der Waals surface area contributed by atoms with Gasteiger partial charge in [-0.25, -0.2) is 0 Å². The monoisotopic (exact) mass is 276 g/mol. The molecule has 0 amide bonds. The van der Waals surface area contributed by atoms with E-state index in [2.05, 4.69) is 55.4 Å². The summed E-state index contributed by atoms with van der Waals surface area (Å²) in [7, 11) is 2.15. The molecular weight excluding hydrogens is 248 g/mol. The zero-order valence-electron chi connectivity index (χ0n) is 13.0. The van der Waals surface area contributed by atoms with Crippen LogP contribution in [0, 0.1) is 0 Å². The molecule has 0 radical (unpaired) electrons. The van der Waals surface area contributed by atoms with Crippen LogP contribution >= 0.6 is 0 Å². The number of aliphatic hydroxyl groups excluding tert-OH is 1. The summed E-state index contributed by atoms with van der Waals surface area (Å²) < 4.78 is 0. The standard InChI is InChI=1S/C17H28N2O/c1-14(2)19(3)12-11-17(13-20,18-16-9-10-16)15-7-5-4-6-8-15/h4-8,14,16,18,20H,9-13H2,1-3H3. The topological polar surface area (TPSA) is 35.5 Å². The number of rotatable bonds is 8. The molecule has 112 valence electrons. The van der Waals surface area contributed by atoms with Crippen LogP contribution in [0.1, 0.15) is 38.7 Å². The third-order valence-corrected chi connectivity index (χ3v) is 4.43. The van der Waals surface area contributed by atoms with E-state index in [1.165, 1.54) is 18.4 Å². The van der Waals surface area contributed by atoms with Crippen molar-refractivity contribution in [1.82, 2.24) is 10.2 Å². The van der Waals surface area contributed by atoms with E-state index in [-0.39, 0.29) is 12.1 Å². The molecule has 1 unspecified atom stereocenters. The second-order valence-corrected chi connectivity index (χ2v) is 6.35. The first-order valence-electron chi connectivity index (χ1n) is 7.72. The largest absolute Gasteiger partial charge is 0.394 e. The van der Waals surface area contributed by atoms with Gasteiger partial charge in [-0.2, -0.15) is 0 Å². The number of aliphatic hydroxyl groups is 1. The van der Waals surface area contributed by atoms with Gasteiger partial charge in [-0.05, 0) is 45.7 Å². The summed E-state index contributed by atoms with van der Waals surface area (Å²) in [5.41, 5.74) is 0.900. The van der Waals surface area contributed by atoms with Crippen molar-refractivity contribution in [3.05, 3.63) is 35.9 Å². The Kier molecular flexibility index (Phi) is 5.19. The van der Waals surface area contributed by atoms with Crippen LogP contribution in [0.5, 0.6) is 0 Å². The van der Waals surface area contributed by atoms with Gasteiger partial charge in [-0.1, -0.05) is 30.3 Å². The molecule has 1 aromatic rings. The van der Waals surface area contributed by atoms with Crippen LogP contribution in [-0.2, 0) is 5.54 Å². The molecule has 0 heterocycles. The predicted molar refractivity (Wildman–Crippen MR) is 83.7 cm³/mol. The lowest BCUT2D eigenvalue weighted by molar-refractivity contribution is 0.129. The third-order valence-electron chi connectivity index (χ3n) is 4.43. The van der Waals surface area contributed by atoms with Gasteiger partial charge in [-0.3, -0.25) is 0 Å². The Morgan fingerprint density at radius 1 is 1.30 bits per heavy atom. The number of nitrogens with zero attached hydrogens (tertiary/aromatic N) is 1. The van der Waals surface area contributed by atoms with Crippen LogP contribution in [0.25, 0.3) is 0 Å². The molecule has 1 aromatic carbocycles. The third kappa shape index (κ3) is 3.81. The maximum atomic E-state index is 10.1. The Labute approximate surface area is 123 Å². The molecule has 0 aromatic heterocycles. The molecule has 1 aliphatic carbocycles. The highest BCUT2D eigenvalue weighted by atomic mass is 16.3. The highest BCUT2D eigenvalue weighted by Crippen LogP contribution is 2.31. The number of nitrogens with one attached hydrogen (secondary N) is 1. The number of benzene rings is 1. The van der Waals surface area contributed by atoms with E-state index in [1.54, 1.807) is 0 Å². The minimum absolute atomic E-state index is 0.152. The quantitative estimate of drug-likeness (QED) is 0.765. The second kappa shape index (κ2) is 6.70. The summed E-state index contributed by atoms with van der Waals surface area (Å²) in [5.74, 6) is 0. The van der Waals surface area contributed by atoms with E-state index >= 15 is 0 Å². The Morgan fingerprint density at radius 2 is 1.95 bits per heavy atom. The van der Waals surface area contributed by atoms with Gasteiger partial charge >= 0.3 is 0 Å². The molecule has 1 saturated carbocycles. The van der Waals surface area contributed by atoms with Gasteiger partial charge in [0, 0.05) is 18.6 Å². The Morgan fingerprint density at radius 3 is 2.45 bits per heavy atom. The van der Waals surface area contributed by atoms with Gasteiger partial charge < -0.3 is 15.3 Å². The summed E-state index contributed by atoms with van der Waals surface area (Å²) in [4.78, 5) is 2.34. The number of hydrogen-bond acceptors (Lipinski definition) is 3. The normalized spacial score (nSPS) is 18.5. The van der Waals surface area contributed by atoms with Crippen molar-refractivity contribution >= 4 is 0 Å². The minimum Gasteiger partial charge on any atom is -0.394 e. The first-order valence-corrected chi connectivity index (χ1v) is 7.72. The van der Waals surface area contributed by atoms with E-state index in [0.29, 0.717) is 12.1 Å². The molecule has 0 aliphatic heterocycles. The van der Waals surface area contributed by atoms with Crippen molar-refractivity contribution < 1.29 is 5.11 Å². The fourth-order valence-electron chi connectivity index (χ4n) is 2.52. The first kappa shape index (κ1) is 15.5. The predicted octanol–water partition coefficient (Wildman–Crippen LogP) is 2.36. The van der Waals surface area contributed by atoms with Crippen molar-refractivity contribution in [1.29, 1.82) is 0 Å². The molecule has 2 N–H and O–H groups in total. The Balaban J connectivity index is 2.14. The average Bonchev–Trinajstić information content (AvgIpc) is 3.28. The lowest BCUT2D eigenvalue weighted by atomic mass is 9.86. The van der Waals surface area contributed by atoms with Crippen molar-refractivity contribution in [2.75, 3.05) is 20.2 Å². The van der Waals surface area contributed by atoms with Crippen LogP contribution in [0.2, 0.25) is 0 Å². The van der Waals surface area contributed by atoms with E-state index in [4.69, 9.17) is 0 Å². The van der Waals surface area contributed by atoms with Gasteiger partial charge in [0.15, 0.2) is 0 Å². The van der Waals surface area contributed by atoms with E-state index in [1.807, 2.05) is 6.07 Å². The molecule has 0 spiro atoms. The summed E-state index contributed by atoms with van der Waals surface area (Å²) in [6, 6.07) is 11.5. The van der Waals surface area contributed by atoms with Gasteiger partial charge in [0.2, 0.25) is 0 Å². The van der Waals surface area contributed by atoms with Crippen LogP contribution in [0.4, 0.5) is 0 Å². The molecule has 20 heavy (non-hydrogen) atoms. The maximum Gasteiger partial charge on any atom is 0.0683 e. The highest BCUT2D eigenvalue weighted by Gasteiger charge is 2.37. The summed E-state index contributed by atoms with van der Waals surface area (Å²) in [6.07, 6.45) is 3.39. The number of hydrogen-bond donors (Lipinski definition) is 2. The van der Waals surface area contributed by atoms with Gasteiger partial charge in [0.25, 0.3) is 0 Å². The second-order valence-electron chi connectivity index (χ2n) is 6.35. The van der Waals surface area contributed by atoms with Gasteiger partial charge in [0.05, 0.1) is 12.1 Å². The van der Waals surface area contributed by atoms with Gasteiger partial charge in [0.1, 0.15) is 0 Å². The van der Waals surface area contributed by atoms with E-state index < -0.39 is 0 Å². The highest BCUT2D eigenvalue weighted by molar-refractivity contribution is 5.25. The van der Waals surface area contributed by atoms with Crippen LogP contribution in [0.3, 0.4) is 0 Å². The van der Waals surface area contributed by atoms with Gasteiger partial charge in [-0.15, -0.1) is 0 Å². The minimum atomic E-state index is -0.300. The fourth-order valence-corrected chi connectivity index (χ4v) is 2.52. The molecular formula is C17H28N2O. The van der Waals surface area contributed by atoms with Crippen molar-refractivity contribution in [2.24, 2.45) is 0 Å². The molecule has 1 aliphatic rings. The Bertz CT molecular complexity index is 403. The summed E-state index contributed by atoms with van der Waals surface area (Å²) in [6.45, 7) is 5.54. The lowest BCUT2D eigenvalue weighted by Crippen LogP contribution is -2.49.